The molecular weight excluding hydrogens is 192 g/mol. The van der Waals surface area contributed by atoms with E-state index in [-0.39, 0.29) is 0 Å². The van der Waals surface area contributed by atoms with E-state index in [2.05, 4.69) is 52.8 Å². The van der Waals surface area contributed by atoms with Gasteiger partial charge in [-0.1, -0.05) is 18.2 Å². The van der Waals surface area contributed by atoms with Crippen LogP contribution in [-0.4, -0.2) is 37.0 Å². The van der Waals surface area contributed by atoms with Crippen molar-refractivity contribution in [3.05, 3.63) is 30.3 Å². The number of rotatable bonds is 2. The number of nitrogens with zero attached hydrogens (tertiary/aromatic N) is 2. The zero-order valence-corrected chi connectivity index (χ0v) is 9.16. The summed E-state index contributed by atoms with van der Waals surface area (Å²) in [6.45, 7) is 4.48. The van der Waals surface area contributed by atoms with Gasteiger partial charge in [0.05, 0.1) is 0 Å². The van der Waals surface area contributed by atoms with E-state index in [9.17, 15) is 0 Å². The van der Waals surface area contributed by atoms with Crippen LogP contribution in [-0.2, 0) is 0 Å². The summed E-state index contributed by atoms with van der Waals surface area (Å²) < 4.78 is 0. The predicted octanol–water partition coefficient (Wildman–Crippen LogP) is 1.70. The van der Waals surface area contributed by atoms with E-state index in [1.54, 1.807) is 0 Å². The number of anilines is 1. The zero-order valence-electron chi connectivity index (χ0n) is 8.26. The molecular formula is C11H16N2S. The van der Waals surface area contributed by atoms with Crippen molar-refractivity contribution in [1.82, 2.24) is 4.90 Å². The normalized spacial score (nSPS) is 18.5. The number of hydrogen-bond acceptors (Lipinski definition) is 3. The van der Waals surface area contributed by atoms with Gasteiger partial charge in [-0.3, -0.25) is 4.90 Å². The van der Waals surface area contributed by atoms with E-state index < -0.39 is 0 Å². The Morgan fingerprint density at radius 1 is 1.00 bits per heavy atom. The van der Waals surface area contributed by atoms with Crippen molar-refractivity contribution >= 4 is 18.3 Å². The van der Waals surface area contributed by atoms with Crippen molar-refractivity contribution in [2.75, 3.05) is 37.0 Å². The molecule has 1 saturated heterocycles. The van der Waals surface area contributed by atoms with Gasteiger partial charge in [0, 0.05) is 37.7 Å². The first-order valence-corrected chi connectivity index (χ1v) is 5.66. The molecule has 0 spiro atoms. The fourth-order valence-electron chi connectivity index (χ4n) is 1.79. The van der Waals surface area contributed by atoms with Gasteiger partial charge in [0.1, 0.15) is 0 Å². The molecule has 1 heterocycles. The first kappa shape index (κ1) is 9.87. The highest BCUT2D eigenvalue weighted by Gasteiger charge is 2.15. The van der Waals surface area contributed by atoms with Gasteiger partial charge in [-0.15, -0.1) is 0 Å². The maximum absolute atomic E-state index is 4.29. The molecule has 2 nitrogen and oxygen atoms in total. The van der Waals surface area contributed by atoms with E-state index in [4.69, 9.17) is 0 Å². The van der Waals surface area contributed by atoms with Gasteiger partial charge >= 0.3 is 0 Å². The molecule has 0 saturated carbocycles. The molecule has 1 fully saturated rings. The van der Waals surface area contributed by atoms with Gasteiger partial charge in [-0.2, -0.15) is 12.6 Å². The number of thiol groups is 1. The second-order valence-corrected chi connectivity index (χ2v) is 3.86. The van der Waals surface area contributed by atoms with Crippen molar-refractivity contribution in [2.24, 2.45) is 0 Å². The lowest BCUT2D eigenvalue weighted by atomic mass is 10.2. The van der Waals surface area contributed by atoms with Crippen molar-refractivity contribution in [2.45, 2.75) is 0 Å². The number of benzene rings is 1. The van der Waals surface area contributed by atoms with Gasteiger partial charge in [0.15, 0.2) is 0 Å². The van der Waals surface area contributed by atoms with Crippen LogP contribution in [0.25, 0.3) is 0 Å². The lowest BCUT2D eigenvalue weighted by Crippen LogP contribution is -2.45. The van der Waals surface area contributed by atoms with Gasteiger partial charge < -0.3 is 4.90 Å². The monoisotopic (exact) mass is 208 g/mol. The molecule has 0 unspecified atom stereocenters. The van der Waals surface area contributed by atoms with Crippen LogP contribution < -0.4 is 4.90 Å². The molecule has 0 N–H and O–H groups in total. The highest BCUT2D eigenvalue weighted by atomic mass is 32.1. The molecule has 3 heteroatoms. The molecule has 1 aromatic carbocycles. The Bertz CT molecular complexity index is 268. The largest absolute Gasteiger partial charge is 0.369 e. The summed E-state index contributed by atoms with van der Waals surface area (Å²) in [5, 5.41) is 0. The first-order chi connectivity index (χ1) is 6.90. The SMILES string of the molecule is SCN1CCN(c2ccccc2)CC1. The smallest absolute Gasteiger partial charge is 0.0415 e. The van der Waals surface area contributed by atoms with Gasteiger partial charge in [0.2, 0.25) is 0 Å². The van der Waals surface area contributed by atoms with Crippen LogP contribution in [0.2, 0.25) is 0 Å². The average Bonchev–Trinajstić information content (AvgIpc) is 2.30. The highest BCUT2D eigenvalue weighted by Crippen LogP contribution is 2.15. The molecule has 14 heavy (non-hydrogen) atoms. The Morgan fingerprint density at radius 3 is 2.21 bits per heavy atom. The predicted molar refractivity (Wildman–Crippen MR) is 64.1 cm³/mol. The third-order valence-electron chi connectivity index (χ3n) is 2.69. The summed E-state index contributed by atoms with van der Waals surface area (Å²) in [7, 11) is 0. The molecule has 2 rings (SSSR count). The van der Waals surface area contributed by atoms with E-state index in [0.29, 0.717) is 0 Å². The van der Waals surface area contributed by atoms with Crippen LogP contribution in [0.15, 0.2) is 30.3 Å². The Kier molecular flexibility index (Phi) is 3.32. The summed E-state index contributed by atoms with van der Waals surface area (Å²) in [4.78, 5) is 4.79. The van der Waals surface area contributed by atoms with Crippen LogP contribution in [0.3, 0.4) is 0 Å². The van der Waals surface area contributed by atoms with Crippen LogP contribution in [0.1, 0.15) is 0 Å². The Balaban J connectivity index is 1.96. The summed E-state index contributed by atoms with van der Waals surface area (Å²) in [5.41, 5.74) is 1.34. The second-order valence-electron chi connectivity index (χ2n) is 3.58. The Morgan fingerprint density at radius 2 is 1.64 bits per heavy atom. The molecule has 0 aromatic heterocycles. The minimum Gasteiger partial charge on any atom is -0.369 e. The molecule has 0 bridgehead atoms. The van der Waals surface area contributed by atoms with Crippen LogP contribution in [0.4, 0.5) is 5.69 Å². The fraction of sp³-hybridized carbons (Fsp3) is 0.455. The third-order valence-corrected chi connectivity index (χ3v) is 3.09. The zero-order chi connectivity index (χ0) is 9.80. The molecule has 76 valence electrons. The summed E-state index contributed by atoms with van der Waals surface area (Å²) in [6, 6.07) is 10.6. The van der Waals surface area contributed by atoms with Crippen LogP contribution in [0, 0.1) is 0 Å². The summed E-state index contributed by atoms with van der Waals surface area (Å²) in [5.74, 6) is 0.878. The summed E-state index contributed by atoms with van der Waals surface area (Å²) >= 11 is 4.29. The Labute approximate surface area is 90.9 Å². The van der Waals surface area contributed by atoms with Crippen molar-refractivity contribution in [3.63, 3.8) is 0 Å². The first-order valence-electron chi connectivity index (χ1n) is 5.03. The van der Waals surface area contributed by atoms with Crippen molar-refractivity contribution < 1.29 is 0 Å². The lowest BCUT2D eigenvalue weighted by molar-refractivity contribution is 0.301. The average molecular weight is 208 g/mol. The van der Waals surface area contributed by atoms with E-state index in [1.165, 1.54) is 5.69 Å². The topological polar surface area (TPSA) is 6.48 Å². The maximum atomic E-state index is 4.29. The number of hydrogen-bond donors (Lipinski definition) is 1. The number of piperazine rings is 1. The van der Waals surface area contributed by atoms with E-state index >= 15 is 0 Å². The Hall–Kier alpha value is -0.670. The molecule has 0 radical (unpaired) electrons. The number of para-hydroxylation sites is 1. The molecule has 1 aliphatic heterocycles. The van der Waals surface area contributed by atoms with Gasteiger partial charge in [-0.25, -0.2) is 0 Å². The highest BCUT2D eigenvalue weighted by molar-refractivity contribution is 7.80. The second kappa shape index (κ2) is 4.71. The molecule has 0 amide bonds. The quantitative estimate of drug-likeness (QED) is 0.739. The standard InChI is InChI=1S/C11H16N2S/c14-10-12-6-8-13(9-7-12)11-4-2-1-3-5-11/h1-5,14H,6-10H2. The lowest BCUT2D eigenvalue weighted by Gasteiger charge is -2.35. The maximum Gasteiger partial charge on any atom is 0.0415 e. The minimum atomic E-state index is 0.878. The van der Waals surface area contributed by atoms with Crippen molar-refractivity contribution in [1.29, 1.82) is 0 Å². The fourth-order valence-corrected chi connectivity index (χ4v) is 2.07. The molecule has 0 atom stereocenters. The van der Waals surface area contributed by atoms with Crippen molar-refractivity contribution in [3.8, 4) is 0 Å². The van der Waals surface area contributed by atoms with Gasteiger partial charge in [-0.05, 0) is 12.1 Å². The third kappa shape index (κ3) is 2.22. The molecule has 1 aromatic rings. The molecule has 1 aliphatic rings. The van der Waals surface area contributed by atoms with Crippen LogP contribution in [0.5, 0.6) is 0 Å². The summed E-state index contributed by atoms with van der Waals surface area (Å²) in [6.07, 6.45) is 0. The van der Waals surface area contributed by atoms with E-state index in [0.717, 1.165) is 32.1 Å². The van der Waals surface area contributed by atoms with E-state index in [1.807, 2.05) is 0 Å². The van der Waals surface area contributed by atoms with Crippen LogP contribution >= 0.6 is 12.6 Å². The molecule has 0 aliphatic carbocycles. The minimum absolute atomic E-state index is 0.878. The van der Waals surface area contributed by atoms with Gasteiger partial charge in [0.25, 0.3) is 0 Å².